The average molecular weight is 423 g/mol. The van der Waals surface area contributed by atoms with Gasteiger partial charge in [0.2, 0.25) is 5.91 Å². The Morgan fingerprint density at radius 1 is 1.23 bits per heavy atom. The first-order chi connectivity index (χ1) is 14.2. The van der Waals surface area contributed by atoms with E-state index in [9.17, 15) is 22.4 Å². The zero-order chi connectivity index (χ0) is 21.9. The van der Waals surface area contributed by atoms with Gasteiger partial charge in [-0.1, -0.05) is 0 Å². The van der Waals surface area contributed by atoms with Gasteiger partial charge in [-0.25, -0.2) is 4.39 Å². The van der Waals surface area contributed by atoms with Gasteiger partial charge < -0.3 is 15.1 Å². The van der Waals surface area contributed by atoms with Crippen LogP contribution in [-0.2, 0) is 11.0 Å². The third kappa shape index (κ3) is 4.82. The fourth-order valence-electron chi connectivity index (χ4n) is 3.95. The fourth-order valence-corrected chi connectivity index (χ4v) is 3.95. The molecule has 2 aliphatic rings. The van der Waals surface area contributed by atoms with Gasteiger partial charge in [0.25, 0.3) is 0 Å². The maximum atomic E-state index is 13.5. The molecule has 1 aromatic rings. The first-order valence-electron chi connectivity index (χ1n) is 9.65. The summed E-state index contributed by atoms with van der Waals surface area (Å²) in [7, 11) is 0. The van der Waals surface area contributed by atoms with Crippen LogP contribution in [0.2, 0.25) is 0 Å². The lowest BCUT2D eigenvalue weighted by molar-refractivity contribution is -0.137. The molecule has 30 heavy (non-hydrogen) atoms. The molecule has 0 saturated carbocycles. The van der Waals surface area contributed by atoms with Crippen LogP contribution in [0.15, 0.2) is 18.2 Å². The molecule has 0 bridgehead atoms. The topological polar surface area (TPSA) is 83.2 Å². The van der Waals surface area contributed by atoms with E-state index in [0.29, 0.717) is 25.9 Å². The van der Waals surface area contributed by atoms with Crippen LogP contribution < -0.4 is 10.2 Å². The first kappa shape index (κ1) is 21.8. The molecule has 1 amide bonds. The molecular weight excluding hydrogens is 402 g/mol. The van der Waals surface area contributed by atoms with Gasteiger partial charge >= 0.3 is 6.18 Å². The smallest absolute Gasteiger partial charge is 0.371 e. The van der Waals surface area contributed by atoms with E-state index in [0.717, 1.165) is 6.07 Å². The van der Waals surface area contributed by atoms with Gasteiger partial charge in [-0.3, -0.25) is 4.79 Å². The summed E-state index contributed by atoms with van der Waals surface area (Å²) in [5.41, 5.74) is -0.839. The van der Waals surface area contributed by atoms with Crippen LogP contribution in [0.5, 0.6) is 0 Å². The molecule has 3 rings (SSSR count). The predicted octanol–water partition coefficient (Wildman–Crippen LogP) is 2.60. The second kappa shape index (κ2) is 8.88. The van der Waals surface area contributed by atoms with Crippen molar-refractivity contribution in [3.8, 4) is 12.1 Å². The number of hydrogen-bond acceptors (Lipinski definition) is 5. The van der Waals surface area contributed by atoms with E-state index in [4.69, 9.17) is 10.5 Å². The summed E-state index contributed by atoms with van der Waals surface area (Å²) in [5, 5.41) is 21.0. The lowest BCUT2D eigenvalue weighted by atomic mass is 10.0. The first-order valence-corrected chi connectivity index (χ1v) is 9.65. The largest absolute Gasteiger partial charge is 0.418 e. The Hall–Kier alpha value is -2.85. The maximum absolute atomic E-state index is 13.5. The molecule has 10 heteroatoms. The number of nitrogens with one attached hydrogen (secondary N) is 1. The molecule has 6 nitrogen and oxygen atoms in total. The Labute approximate surface area is 171 Å². The molecule has 0 unspecified atom stereocenters. The second-order valence-electron chi connectivity index (χ2n) is 7.51. The van der Waals surface area contributed by atoms with E-state index in [1.165, 1.54) is 17.0 Å². The van der Waals surface area contributed by atoms with Crippen molar-refractivity contribution in [2.24, 2.45) is 0 Å². The number of amides is 1. The van der Waals surface area contributed by atoms with Crippen molar-refractivity contribution in [2.75, 3.05) is 31.1 Å². The summed E-state index contributed by atoms with van der Waals surface area (Å²) in [4.78, 5) is 15.2. The molecule has 160 valence electrons. The summed E-state index contributed by atoms with van der Waals surface area (Å²) < 4.78 is 53.7. The van der Waals surface area contributed by atoms with Crippen LogP contribution in [0, 0.1) is 22.7 Å². The van der Waals surface area contributed by atoms with Crippen LogP contribution in [0.4, 0.5) is 23.2 Å². The van der Waals surface area contributed by atoms with Crippen LogP contribution >= 0.6 is 0 Å². The lowest BCUT2D eigenvalue weighted by Gasteiger charge is -2.35. The Balaban J connectivity index is 1.56. The molecule has 1 N–H and O–H groups in total. The number of halogens is 4. The molecule has 0 aromatic heterocycles. The number of benzene rings is 1. The number of nitriles is 2. The number of alkyl halides is 4. The summed E-state index contributed by atoms with van der Waals surface area (Å²) in [6.45, 7) is 0.589. The molecule has 2 fully saturated rings. The van der Waals surface area contributed by atoms with E-state index < -0.39 is 24.0 Å². The Bertz CT molecular complexity index is 867. The molecule has 2 saturated heterocycles. The van der Waals surface area contributed by atoms with Crippen LogP contribution in [0.25, 0.3) is 0 Å². The van der Waals surface area contributed by atoms with Gasteiger partial charge in [-0.2, -0.15) is 23.7 Å². The summed E-state index contributed by atoms with van der Waals surface area (Å²) >= 11 is 0. The average Bonchev–Trinajstić information content (AvgIpc) is 3.12. The number of likely N-dealkylation sites (tertiary alicyclic amines) is 1. The Morgan fingerprint density at radius 3 is 2.53 bits per heavy atom. The second-order valence-corrected chi connectivity index (χ2v) is 7.51. The standard InChI is InChI=1S/C20H21F4N5O/c21-14-8-16(10-26)29(12-14)19(30)11-27-15-3-5-28(6-4-15)18-2-1-13(9-25)7-17(18)20(22,23)24/h1-2,7,14-16,27H,3-6,8,11-12H2/t14-,16-/m0/s1. The van der Waals surface area contributed by atoms with Gasteiger partial charge in [0.1, 0.15) is 12.2 Å². The van der Waals surface area contributed by atoms with Crippen molar-refractivity contribution >= 4 is 11.6 Å². The minimum Gasteiger partial charge on any atom is -0.371 e. The number of hydrogen-bond donors (Lipinski definition) is 1. The van der Waals surface area contributed by atoms with Crippen LogP contribution in [0.3, 0.4) is 0 Å². The van der Waals surface area contributed by atoms with Gasteiger partial charge in [-0.05, 0) is 31.0 Å². The number of carbonyl (C=O) groups excluding carboxylic acids is 1. The van der Waals surface area contributed by atoms with Gasteiger partial charge in [0.05, 0.1) is 36.4 Å². The minimum atomic E-state index is -4.56. The van der Waals surface area contributed by atoms with Crippen molar-refractivity contribution in [1.82, 2.24) is 10.2 Å². The Kier molecular flexibility index (Phi) is 6.47. The minimum absolute atomic E-state index is 0.0206. The fraction of sp³-hybridized carbons (Fsp3) is 0.550. The Morgan fingerprint density at radius 2 is 1.93 bits per heavy atom. The molecule has 2 aliphatic heterocycles. The van der Waals surface area contributed by atoms with Gasteiger partial charge in [-0.15, -0.1) is 0 Å². The third-order valence-electron chi connectivity index (χ3n) is 5.53. The predicted molar refractivity (Wildman–Crippen MR) is 100 cm³/mol. The van der Waals surface area contributed by atoms with Crippen molar-refractivity contribution in [2.45, 2.75) is 43.7 Å². The molecule has 0 aliphatic carbocycles. The highest BCUT2D eigenvalue weighted by atomic mass is 19.4. The highest BCUT2D eigenvalue weighted by Gasteiger charge is 2.37. The SMILES string of the molecule is N#Cc1ccc(N2CCC(NCC(=O)N3C[C@@H](F)C[C@H]3C#N)CC2)c(C(F)(F)F)c1. The summed E-state index contributed by atoms with van der Waals surface area (Å²) in [6.07, 6.45) is -4.69. The number of nitrogens with zero attached hydrogens (tertiary/aromatic N) is 4. The zero-order valence-electron chi connectivity index (χ0n) is 16.1. The third-order valence-corrected chi connectivity index (χ3v) is 5.53. The maximum Gasteiger partial charge on any atom is 0.418 e. The monoisotopic (exact) mass is 423 g/mol. The lowest BCUT2D eigenvalue weighted by Crippen LogP contribution is -2.47. The van der Waals surface area contributed by atoms with E-state index in [2.05, 4.69) is 5.32 Å². The molecule has 2 atom stereocenters. The van der Waals surface area contributed by atoms with E-state index in [1.807, 2.05) is 6.07 Å². The summed E-state index contributed by atoms with van der Waals surface area (Å²) in [5.74, 6) is -0.351. The highest BCUT2D eigenvalue weighted by molar-refractivity contribution is 5.79. The molecular formula is C20H21F4N5O. The molecule has 1 aromatic carbocycles. The van der Waals surface area contributed by atoms with Gasteiger partial charge in [0.15, 0.2) is 0 Å². The number of carbonyl (C=O) groups is 1. The van der Waals surface area contributed by atoms with Gasteiger partial charge in [0, 0.05) is 31.2 Å². The number of anilines is 1. The van der Waals surface area contributed by atoms with E-state index in [-0.39, 0.29) is 42.7 Å². The van der Waals surface area contributed by atoms with Crippen LogP contribution in [0.1, 0.15) is 30.4 Å². The van der Waals surface area contributed by atoms with Crippen molar-refractivity contribution in [3.63, 3.8) is 0 Å². The van der Waals surface area contributed by atoms with Crippen molar-refractivity contribution in [3.05, 3.63) is 29.3 Å². The van der Waals surface area contributed by atoms with E-state index >= 15 is 0 Å². The quantitative estimate of drug-likeness (QED) is 0.753. The molecule has 0 radical (unpaired) electrons. The molecule has 2 heterocycles. The van der Waals surface area contributed by atoms with E-state index in [1.54, 1.807) is 11.0 Å². The van der Waals surface area contributed by atoms with Crippen molar-refractivity contribution < 1.29 is 22.4 Å². The summed E-state index contributed by atoms with van der Waals surface area (Å²) in [6, 6.07) is 6.39. The van der Waals surface area contributed by atoms with Crippen LogP contribution in [-0.4, -0.2) is 55.2 Å². The zero-order valence-corrected chi connectivity index (χ0v) is 16.1. The molecule has 0 spiro atoms. The number of rotatable bonds is 4. The highest BCUT2D eigenvalue weighted by Crippen LogP contribution is 2.38. The van der Waals surface area contributed by atoms with Crippen molar-refractivity contribution in [1.29, 1.82) is 10.5 Å². The normalized spacial score (nSPS) is 22.6. The number of piperidine rings is 1.